The fourth-order valence-corrected chi connectivity index (χ4v) is 1.74. The van der Waals surface area contributed by atoms with E-state index >= 15 is 0 Å². The Morgan fingerprint density at radius 1 is 1.06 bits per heavy atom. The summed E-state index contributed by atoms with van der Waals surface area (Å²) in [6.07, 6.45) is 1.06. The summed E-state index contributed by atoms with van der Waals surface area (Å²) in [4.78, 5) is 0. The lowest BCUT2D eigenvalue weighted by atomic mass is 10.1. The fourth-order valence-electron chi connectivity index (χ4n) is 1.74. The maximum absolute atomic E-state index is 3.40. The molecule has 81 valence electrons. The quantitative estimate of drug-likeness (QED) is 0.815. The summed E-state index contributed by atoms with van der Waals surface area (Å²) in [5, 5.41) is 3.40. The smallest absolute Gasteiger partial charge is 0.0340 e. The number of rotatable bonds is 4. The molecule has 0 atom stereocenters. The van der Waals surface area contributed by atoms with E-state index in [9.17, 15) is 0 Å². The third kappa shape index (κ3) is 2.86. The van der Waals surface area contributed by atoms with Gasteiger partial charge in [0.25, 0.3) is 0 Å². The number of hydrogen-bond donors (Lipinski definition) is 1. The molecule has 2 aromatic rings. The van der Waals surface area contributed by atoms with Gasteiger partial charge in [0.05, 0.1) is 0 Å². The van der Waals surface area contributed by atoms with Crippen molar-refractivity contribution >= 4 is 5.69 Å². The minimum atomic E-state index is 0.967. The highest BCUT2D eigenvalue weighted by molar-refractivity contribution is 5.42. The molecule has 0 aliphatic rings. The highest BCUT2D eigenvalue weighted by atomic mass is 14.9. The second-order valence-electron chi connectivity index (χ2n) is 3.89. The lowest BCUT2D eigenvalue weighted by Gasteiger charge is -2.07. The predicted molar refractivity (Wildman–Crippen MR) is 68.7 cm³/mol. The molecule has 0 aromatic heterocycles. The van der Waals surface area contributed by atoms with Crippen LogP contribution in [0.5, 0.6) is 0 Å². The van der Waals surface area contributed by atoms with Gasteiger partial charge in [-0.3, -0.25) is 0 Å². The van der Waals surface area contributed by atoms with Gasteiger partial charge in [-0.2, -0.15) is 0 Å². The molecule has 0 aliphatic heterocycles. The van der Waals surface area contributed by atoms with Crippen molar-refractivity contribution in [3.05, 3.63) is 65.7 Å². The van der Waals surface area contributed by atoms with Crippen LogP contribution in [0.4, 0.5) is 5.69 Å². The van der Waals surface area contributed by atoms with E-state index in [-0.39, 0.29) is 0 Å². The first-order valence-electron chi connectivity index (χ1n) is 5.61. The van der Waals surface area contributed by atoms with Crippen molar-refractivity contribution in [1.29, 1.82) is 0 Å². The summed E-state index contributed by atoms with van der Waals surface area (Å²) in [6, 6.07) is 19.5. The van der Waals surface area contributed by atoms with Gasteiger partial charge in [0, 0.05) is 12.2 Å². The summed E-state index contributed by atoms with van der Waals surface area (Å²) in [5.41, 5.74) is 3.94. The summed E-state index contributed by atoms with van der Waals surface area (Å²) in [5.74, 6) is 0. The molecule has 0 spiro atoms. The van der Waals surface area contributed by atoms with Crippen LogP contribution in [-0.2, 0) is 6.42 Å². The first-order valence-corrected chi connectivity index (χ1v) is 5.61. The monoisotopic (exact) mass is 210 g/mol. The fraction of sp³-hybridized carbons (Fsp3) is 0.200. The average molecular weight is 210 g/mol. The molecule has 0 saturated heterocycles. The van der Waals surface area contributed by atoms with Crippen molar-refractivity contribution in [2.75, 3.05) is 11.9 Å². The topological polar surface area (TPSA) is 12.0 Å². The highest BCUT2D eigenvalue weighted by Crippen LogP contribution is 2.09. The molecule has 1 radical (unpaired) electrons. The van der Waals surface area contributed by atoms with E-state index < -0.39 is 0 Å². The molecule has 1 heteroatoms. The van der Waals surface area contributed by atoms with Gasteiger partial charge in [0.15, 0.2) is 0 Å². The third-order valence-corrected chi connectivity index (χ3v) is 2.70. The van der Waals surface area contributed by atoms with E-state index in [1.54, 1.807) is 0 Å². The van der Waals surface area contributed by atoms with Crippen LogP contribution < -0.4 is 5.32 Å². The maximum atomic E-state index is 3.40. The van der Waals surface area contributed by atoms with Crippen molar-refractivity contribution < 1.29 is 0 Å². The molecule has 2 aromatic carbocycles. The van der Waals surface area contributed by atoms with Crippen LogP contribution in [0.1, 0.15) is 11.1 Å². The Morgan fingerprint density at radius 3 is 2.56 bits per heavy atom. The number of aryl methyl sites for hydroxylation is 1. The van der Waals surface area contributed by atoms with Crippen molar-refractivity contribution in [2.45, 2.75) is 13.3 Å². The number of hydrogen-bond acceptors (Lipinski definition) is 1. The number of anilines is 1. The van der Waals surface area contributed by atoms with E-state index in [4.69, 9.17) is 0 Å². The molecule has 16 heavy (non-hydrogen) atoms. The zero-order valence-corrected chi connectivity index (χ0v) is 9.53. The van der Waals surface area contributed by atoms with Gasteiger partial charge in [-0.25, -0.2) is 0 Å². The highest BCUT2D eigenvalue weighted by Gasteiger charge is 1.96. The lowest BCUT2D eigenvalue weighted by molar-refractivity contribution is 1.01. The van der Waals surface area contributed by atoms with E-state index in [0.29, 0.717) is 0 Å². The maximum Gasteiger partial charge on any atom is 0.0340 e. The van der Waals surface area contributed by atoms with Gasteiger partial charge in [-0.05, 0) is 42.7 Å². The van der Waals surface area contributed by atoms with E-state index in [0.717, 1.165) is 18.7 Å². The summed E-state index contributed by atoms with van der Waals surface area (Å²) in [7, 11) is 0. The van der Waals surface area contributed by atoms with Gasteiger partial charge in [-0.15, -0.1) is 0 Å². The molecule has 0 fully saturated rings. The second kappa shape index (κ2) is 5.36. The molecular weight excluding hydrogens is 194 g/mol. The normalized spacial score (nSPS) is 10.1. The van der Waals surface area contributed by atoms with E-state index in [1.165, 1.54) is 11.1 Å². The molecule has 0 saturated carbocycles. The van der Waals surface area contributed by atoms with Crippen molar-refractivity contribution in [3.63, 3.8) is 0 Å². The molecule has 0 bridgehead atoms. The van der Waals surface area contributed by atoms with Crippen LogP contribution in [0, 0.1) is 13.0 Å². The van der Waals surface area contributed by atoms with Crippen LogP contribution in [0.15, 0.2) is 48.5 Å². The predicted octanol–water partition coefficient (Wildman–Crippen LogP) is 3.45. The molecule has 0 heterocycles. The van der Waals surface area contributed by atoms with Gasteiger partial charge in [0.1, 0.15) is 0 Å². The van der Waals surface area contributed by atoms with Crippen LogP contribution in [0.25, 0.3) is 0 Å². The van der Waals surface area contributed by atoms with Gasteiger partial charge >= 0.3 is 0 Å². The average Bonchev–Trinajstić information content (AvgIpc) is 2.33. The second-order valence-corrected chi connectivity index (χ2v) is 3.89. The minimum Gasteiger partial charge on any atom is -0.385 e. The first kappa shape index (κ1) is 10.7. The first-order chi connectivity index (χ1) is 7.86. The number of nitrogens with one attached hydrogen (secondary N) is 1. The van der Waals surface area contributed by atoms with Crippen LogP contribution in [0.3, 0.4) is 0 Å². The molecular formula is C15H16N. The zero-order valence-electron chi connectivity index (χ0n) is 9.53. The van der Waals surface area contributed by atoms with Gasteiger partial charge < -0.3 is 5.32 Å². The van der Waals surface area contributed by atoms with E-state index in [2.05, 4.69) is 42.6 Å². The number of benzene rings is 2. The summed E-state index contributed by atoms with van der Waals surface area (Å²) in [6.45, 7) is 3.13. The van der Waals surface area contributed by atoms with Crippen molar-refractivity contribution in [1.82, 2.24) is 0 Å². The van der Waals surface area contributed by atoms with Crippen molar-refractivity contribution in [2.24, 2.45) is 0 Å². The van der Waals surface area contributed by atoms with Crippen LogP contribution >= 0.6 is 0 Å². The van der Waals surface area contributed by atoms with E-state index in [1.807, 2.05) is 24.3 Å². The van der Waals surface area contributed by atoms with Crippen LogP contribution in [0.2, 0.25) is 0 Å². The zero-order chi connectivity index (χ0) is 11.2. The molecule has 1 N–H and O–H groups in total. The summed E-state index contributed by atoms with van der Waals surface area (Å²) < 4.78 is 0. The minimum absolute atomic E-state index is 0.967. The molecule has 1 nitrogen and oxygen atoms in total. The molecule has 0 amide bonds. The standard InChI is InChI=1S/C15H16N/c1-13-7-5-6-8-14(13)11-12-16-15-9-3-2-4-10-15/h3-10,16H,11-12H2,1H3. The Hall–Kier alpha value is -1.76. The lowest BCUT2D eigenvalue weighted by Crippen LogP contribution is -2.05. The largest absolute Gasteiger partial charge is 0.385 e. The molecule has 0 unspecified atom stereocenters. The molecule has 2 rings (SSSR count). The Balaban J connectivity index is 1.87. The summed E-state index contributed by atoms with van der Waals surface area (Å²) >= 11 is 0. The Labute approximate surface area is 97.1 Å². The van der Waals surface area contributed by atoms with Crippen molar-refractivity contribution in [3.8, 4) is 0 Å². The Kier molecular flexibility index (Phi) is 3.60. The third-order valence-electron chi connectivity index (χ3n) is 2.70. The SMILES string of the molecule is Cc1ccccc1CCNc1cc[c]cc1. The molecule has 0 aliphatic carbocycles. The van der Waals surface area contributed by atoms with Gasteiger partial charge in [-0.1, -0.05) is 36.4 Å². The Morgan fingerprint density at radius 2 is 1.81 bits per heavy atom. The van der Waals surface area contributed by atoms with Gasteiger partial charge in [0.2, 0.25) is 0 Å². The Bertz CT molecular complexity index is 434. The van der Waals surface area contributed by atoms with Crippen LogP contribution in [-0.4, -0.2) is 6.54 Å².